The maximum Gasteiger partial charge on any atom is 0.236 e. The Hall–Kier alpha value is -1.00. The zero-order chi connectivity index (χ0) is 14.5. The van der Waals surface area contributed by atoms with Gasteiger partial charge in [0.05, 0.1) is 5.25 Å². The van der Waals surface area contributed by atoms with Crippen LogP contribution in [0.1, 0.15) is 18.9 Å². The van der Waals surface area contributed by atoms with Crippen LogP contribution in [0.2, 0.25) is 0 Å². The first kappa shape index (κ1) is 15.4. The Bertz CT molecular complexity index is 437. The third-order valence-electron chi connectivity index (χ3n) is 3.89. The first-order valence-corrected chi connectivity index (χ1v) is 7.80. The van der Waals surface area contributed by atoms with Crippen LogP contribution in [0, 0.1) is 0 Å². The summed E-state index contributed by atoms with van der Waals surface area (Å²) < 4.78 is 0. The maximum absolute atomic E-state index is 12.6. The van der Waals surface area contributed by atoms with Crippen molar-refractivity contribution >= 4 is 18.5 Å². The predicted molar refractivity (Wildman–Crippen MR) is 86.2 cm³/mol. The molecule has 0 N–H and O–H groups in total. The molecule has 1 amide bonds. The number of carbonyl (C=O) groups is 1. The molecule has 110 valence electrons. The summed E-state index contributed by atoms with van der Waals surface area (Å²) in [6, 6.07) is 10.4. The average Bonchev–Trinajstić information content (AvgIpc) is 2.59. The molecule has 1 aliphatic heterocycles. The fourth-order valence-electron chi connectivity index (χ4n) is 2.82. The molecule has 1 saturated heterocycles. The third kappa shape index (κ3) is 4.00. The number of nitrogens with zero attached hydrogens (tertiary/aromatic N) is 2. The number of carbonyl (C=O) groups excluding carboxylic acids is 1. The molecular formula is C16H24N2OS. The van der Waals surface area contributed by atoms with Crippen LogP contribution in [0.15, 0.2) is 30.3 Å². The van der Waals surface area contributed by atoms with Crippen molar-refractivity contribution in [2.24, 2.45) is 0 Å². The molecule has 1 heterocycles. The van der Waals surface area contributed by atoms with Gasteiger partial charge in [-0.25, -0.2) is 0 Å². The zero-order valence-electron chi connectivity index (χ0n) is 12.3. The largest absolute Gasteiger partial charge is 0.338 e. The van der Waals surface area contributed by atoms with Crippen LogP contribution >= 0.6 is 12.6 Å². The molecule has 1 fully saturated rings. The molecule has 4 heteroatoms. The summed E-state index contributed by atoms with van der Waals surface area (Å²) in [4.78, 5) is 16.9. The summed E-state index contributed by atoms with van der Waals surface area (Å²) in [6.45, 7) is 4.97. The van der Waals surface area contributed by atoms with Crippen LogP contribution in [0.5, 0.6) is 0 Å². The number of hydrogen-bond acceptors (Lipinski definition) is 3. The SMILES string of the molecule is CC1CN(C)CCCN1C(=O)C(S)Cc1ccccc1. The summed E-state index contributed by atoms with van der Waals surface area (Å²) in [7, 11) is 2.12. The Morgan fingerprint density at radius 1 is 1.35 bits per heavy atom. The second-order valence-electron chi connectivity index (χ2n) is 5.70. The van der Waals surface area contributed by atoms with Gasteiger partial charge in [0.15, 0.2) is 0 Å². The van der Waals surface area contributed by atoms with E-state index in [1.807, 2.05) is 23.1 Å². The van der Waals surface area contributed by atoms with Crippen molar-refractivity contribution in [3.8, 4) is 0 Å². The number of likely N-dealkylation sites (N-methyl/N-ethyl adjacent to an activating group) is 1. The number of benzene rings is 1. The standard InChI is InChI=1S/C16H24N2OS/c1-13-12-17(2)9-6-10-18(13)16(19)15(20)11-14-7-4-3-5-8-14/h3-5,7-8,13,15,20H,6,9-12H2,1-2H3. The monoisotopic (exact) mass is 292 g/mol. The molecule has 2 unspecified atom stereocenters. The number of hydrogen-bond donors (Lipinski definition) is 1. The van der Waals surface area contributed by atoms with E-state index in [1.165, 1.54) is 5.56 Å². The molecular weight excluding hydrogens is 268 g/mol. The fourth-order valence-corrected chi connectivity index (χ4v) is 3.17. The van der Waals surface area contributed by atoms with Crippen LogP contribution in [0.3, 0.4) is 0 Å². The van der Waals surface area contributed by atoms with Gasteiger partial charge >= 0.3 is 0 Å². The van der Waals surface area contributed by atoms with E-state index < -0.39 is 0 Å². The lowest BCUT2D eigenvalue weighted by Gasteiger charge is -2.30. The molecule has 2 rings (SSSR count). The molecule has 0 aromatic heterocycles. The minimum absolute atomic E-state index is 0.167. The second-order valence-corrected chi connectivity index (χ2v) is 6.33. The molecule has 1 aliphatic rings. The summed E-state index contributed by atoms with van der Waals surface area (Å²) in [5, 5.41) is -0.247. The molecule has 0 bridgehead atoms. The first-order valence-electron chi connectivity index (χ1n) is 7.29. The van der Waals surface area contributed by atoms with Gasteiger partial charge < -0.3 is 9.80 Å². The number of amides is 1. The van der Waals surface area contributed by atoms with Crippen LogP contribution in [-0.2, 0) is 11.2 Å². The first-order chi connectivity index (χ1) is 9.58. The normalized spacial score (nSPS) is 22.4. The van der Waals surface area contributed by atoms with Crippen LogP contribution in [0.4, 0.5) is 0 Å². The van der Waals surface area contributed by atoms with Crippen LogP contribution < -0.4 is 0 Å². The Kier molecular flexibility index (Phi) is 5.49. The molecule has 1 aromatic rings. The summed E-state index contributed by atoms with van der Waals surface area (Å²) in [5.74, 6) is 0.167. The molecule has 0 spiro atoms. The van der Waals surface area contributed by atoms with Crippen molar-refractivity contribution in [1.82, 2.24) is 9.80 Å². The summed E-state index contributed by atoms with van der Waals surface area (Å²) in [5.41, 5.74) is 1.17. The summed E-state index contributed by atoms with van der Waals surface area (Å²) >= 11 is 4.54. The Morgan fingerprint density at radius 3 is 2.75 bits per heavy atom. The smallest absolute Gasteiger partial charge is 0.236 e. The fraction of sp³-hybridized carbons (Fsp3) is 0.562. The van der Waals surface area contributed by atoms with Gasteiger partial charge in [-0.15, -0.1) is 0 Å². The van der Waals surface area contributed by atoms with E-state index in [4.69, 9.17) is 0 Å². The van der Waals surface area contributed by atoms with Crippen molar-refractivity contribution in [1.29, 1.82) is 0 Å². The van der Waals surface area contributed by atoms with Crippen molar-refractivity contribution in [2.75, 3.05) is 26.7 Å². The molecule has 1 aromatic carbocycles. The lowest BCUT2D eigenvalue weighted by atomic mass is 10.1. The minimum atomic E-state index is -0.247. The summed E-state index contributed by atoms with van der Waals surface area (Å²) in [6.07, 6.45) is 1.74. The molecule has 0 saturated carbocycles. The molecule has 3 nitrogen and oxygen atoms in total. The second kappa shape index (κ2) is 7.14. The van der Waals surface area contributed by atoms with E-state index in [1.54, 1.807) is 0 Å². The van der Waals surface area contributed by atoms with Crippen molar-refractivity contribution in [3.63, 3.8) is 0 Å². The molecule has 0 aliphatic carbocycles. The van der Waals surface area contributed by atoms with Gasteiger partial charge in [0.25, 0.3) is 0 Å². The quantitative estimate of drug-likeness (QED) is 0.862. The van der Waals surface area contributed by atoms with Gasteiger partial charge in [-0.2, -0.15) is 12.6 Å². The van der Waals surface area contributed by atoms with Gasteiger partial charge in [0, 0.05) is 19.1 Å². The highest BCUT2D eigenvalue weighted by Gasteiger charge is 2.27. The number of rotatable bonds is 3. The average molecular weight is 292 g/mol. The van der Waals surface area contributed by atoms with E-state index in [0.717, 1.165) is 26.1 Å². The Balaban J connectivity index is 1.98. The van der Waals surface area contributed by atoms with E-state index in [9.17, 15) is 4.79 Å². The van der Waals surface area contributed by atoms with Gasteiger partial charge in [0.2, 0.25) is 5.91 Å². The van der Waals surface area contributed by atoms with Gasteiger partial charge in [-0.05, 0) is 38.9 Å². The van der Waals surface area contributed by atoms with Crippen LogP contribution in [-0.4, -0.2) is 53.7 Å². The Morgan fingerprint density at radius 2 is 2.05 bits per heavy atom. The highest BCUT2D eigenvalue weighted by molar-refractivity contribution is 7.81. The van der Waals surface area contributed by atoms with Crippen molar-refractivity contribution < 1.29 is 4.79 Å². The van der Waals surface area contributed by atoms with E-state index >= 15 is 0 Å². The topological polar surface area (TPSA) is 23.6 Å². The van der Waals surface area contributed by atoms with Crippen molar-refractivity contribution in [3.05, 3.63) is 35.9 Å². The van der Waals surface area contributed by atoms with E-state index in [0.29, 0.717) is 6.42 Å². The van der Waals surface area contributed by atoms with Gasteiger partial charge in [-0.1, -0.05) is 30.3 Å². The number of thiol groups is 1. The molecule has 2 atom stereocenters. The molecule has 20 heavy (non-hydrogen) atoms. The highest BCUT2D eigenvalue weighted by Crippen LogP contribution is 2.15. The highest BCUT2D eigenvalue weighted by atomic mass is 32.1. The predicted octanol–water partition coefficient (Wildman–Crippen LogP) is 2.08. The van der Waals surface area contributed by atoms with Gasteiger partial charge in [0.1, 0.15) is 0 Å². The minimum Gasteiger partial charge on any atom is -0.338 e. The lowest BCUT2D eigenvalue weighted by molar-refractivity contribution is -0.132. The maximum atomic E-state index is 12.6. The third-order valence-corrected chi connectivity index (χ3v) is 4.29. The van der Waals surface area contributed by atoms with Gasteiger partial charge in [-0.3, -0.25) is 4.79 Å². The van der Waals surface area contributed by atoms with E-state index in [-0.39, 0.29) is 17.2 Å². The molecule has 0 radical (unpaired) electrons. The lowest BCUT2D eigenvalue weighted by Crippen LogP contribution is -2.45. The van der Waals surface area contributed by atoms with Crippen LogP contribution in [0.25, 0.3) is 0 Å². The van der Waals surface area contributed by atoms with Crippen molar-refractivity contribution in [2.45, 2.75) is 31.1 Å². The van der Waals surface area contributed by atoms with E-state index in [2.05, 4.69) is 43.6 Å². The Labute approximate surface area is 127 Å². The zero-order valence-corrected chi connectivity index (χ0v) is 13.2.